The lowest BCUT2D eigenvalue weighted by Gasteiger charge is -2.21. The van der Waals surface area contributed by atoms with Gasteiger partial charge < -0.3 is 4.90 Å². The Bertz CT molecular complexity index is 555. The molecule has 0 saturated carbocycles. The fraction of sp³-hybridized carbons (Fsp3) is 0.692. The summed E-state index contributed by atoms with van der Waals surface area (Å²) in [6.45, 7) is 8.26. The maximum absolute atomic E-state index is 12.2. The summed E-state index contributed by atoms with van der Waals surface area (Å²) in [4.78, 5) is 13.9. The minimum absolute atomic E-state index is 0.118. The second-order valence-corrected chi connectivity index (χ2v) is 6.67. The molecule has 1 heterocycles. The average Bonchev–Trinajstić information content (AvgIpc) is 2.76. The van der Waals surface area contributed by atoms with Gasteiger partial charge in [-0.05, 0) is 26.7 Å². The van der Waals surface area contributed by atoms with Crippen LogP contribution in [0.4, 0.5) is 0 Å². The highest BCUT2D eigenvalue weighted by molar-refractivity contribution is 7.89. The van der Waals surface area contributed by atoms with E-state index in [0.29, 0.717) is 24.5 Å². The highest BCUT2D eigenvalue weighted by Crippen LogP contribution is 2.15. The number of aromatic amines is 1. The predicted octanol–water partition coefficient (Wildman–Crippen LogP) is 0.953. The molecule has 0 aliphatic heterocycles. The topological polar surface area (TPSA) is 95.2 Å². The van der Waals surface area contributed by atoms with E-state index in [9.17, 15) is 13.2 Å². The second-order valence-electron chi connectivity index (χ2n) is 4.97. The summed E-state index contributed by atoms with van der Waals surface area (Å²) in [7, 11) is -3.73. The van der Waals surface area contributed by atoms with Crippen molar-refractivity contribution in [3.8, 4) is 0 Å². The molecule has 0 atom stereocenters. The third kappa shape index (κ3) is 4.53. The van der Waals surface area contributed by atoms with Gasteiger partial charge in [0.1, 0.15) is 4.90 Å². The van der Waals surface area contributed by atoms with E-state index in [0.717, 1.165) is 12.8 Å². The Morgan fingerprint density at radius 1 is 1.24 bits per heavy atom. The van der Waals surface area contributed by atoms with Crippen LogP contribution < -0.4 is 4.72 Å². The third-order valence-corrected chi connectivity index (χ3v) is 4.75. The molecule has 1 amide bonds. The summed E-state index contributed by atoms with van der Waals surface area (Å²) in [6, 6.07) is 0. The van der Waals surface area contributed by atoms with E-state index in [1.165, 1.54) is 0 Å². The van der Waals surface area contributed by atoms with Crippen molar-refractivity contribution in [1.82, 2.24) is 19.8 Å². The Balaban J connectivity index is 2.75. The van der Waals surface area contributed by atoms with Gasteiger partial charge in [-0.2, -0.15) is 5.10 Å². The molecule has 1 rings (SSSR count). The van der Waals surface area contributed by atoms with Crippen molar-refractivity contribution < 1.29 is 13.2 Å². The van der Waals surface area contributed by atoms with Crippen LogP contribution in [0, 0.1) is 13.8 Å². The minimum Gasteiger partial charge on any atom is -0.342 e. The predicted molar refractivity (Wildman–Crippen MR) is 80.4 cm³/mol. The van der Waals surface area contributed by atoms with Gasteiger partial charge in [-0.1, -0.05) is 13.8 Å². The van der Waals surface area contributed by atoms with Crippen LogP contribution >= 0.6 is 0 Å². The van der Waals surface area contributed by atoms with Crippen LogP contribution in [0.3, 0.4) is 0 Å². The Hall–Kier alpha value is -1.41. The molecule has 1 aromatic heterocycles. The first-order valence-corrected chi connectivity index (χ1v) is 8.60. The molecule has 0 aliphatic rings. The largest absolute Gasteiger partial charge is 0.342 e. The second kappa shape index (κ2) is 7.56. The van der Waals surface area contributed by atoms with E-state index >= 15 is 0 Å². The van der Waals surface area contributed by atoms with Crippen molar-refractivity contribution in [3.05, 3.63) is 11.4 Å². The first-order chi connectivity index (χ1) is 9.83. The number of amides is 1. The molecule has 7 nitrogen and oxygen atoms in total. The molecule has 0 aliphatic carbocycles. The molecule has 1 aromatic rings. The monoisotopic (exact) mass is 316 g/mol. The van der Waals surface area contributed by atoms with Gasteiger partial charge in [-0.15, -0.1) is 0 Å². The molecule has 0 saturated heterocycles. The van der Waals surface area contributed by atoms with Crippen molar-refractivity contribution in [2.24, 2.45) is 0 Å². The lowest BCUT2D eigenvalue weighted by Crippen LogP contribution is -2.41. The fourth-order valence-electron chi connectivity index (χ4n) is 2.18. The summed E-state index contributed by atoms with van der Waals surface area (Å²) in [5.41, 5.74) is 0.859. The molecule has 21 heavy (non-hydrogen) atoms. The maximum Gasteiger partial charge on any atom is 0.244 e. The van der Waals surface area contributed by atoms with E-state index in [1.54, 1.807) is 18.7 Å². The lowest BCUT2D eigenvalue weighted by atomic mass is 10.3. The van der Waals surface area contributed by atoms with E-state index in [1.807, 2.05) is 13.8 Å². The van der Waals surface area contributed by atoms with Crippen molar-refractivity contribution >= 4 is 15.9 Å². The van der Waals surface area contributed by atoms with Gasteiger partial charge in [-0.3, -0.25) is 9.89 Å². The first-order valence-electron chi connectivity index (χ1n) is 7.12. The Labute approximate surface area is 126 Å². The van der Waals surface area contributed by atoms with Gasteiger partial charge in [-0.25, -0.2) is 13.1 Å². The lowest BCUT2D eigenvalue weighted by molar-refractivity contribution is -0.130. The van der Waals surface area contributed by atoms with Gasteiger partial charge in [0.15, 0.2) is 0 Å². The van der Waals surface area contributed by atoms with Crippen LogP contribution in [0.5, 0.6) is 0 Å². The van der Waals surface area contributed by atoms with Crippen LogP contribution in [0.15, 0.2) is 4.90 Å². The van der Waals surface area contributed by atoms with E-state index in [-0.39, 0.29) is 17.3 Å². The van der Waals surface area contributed by atoms with Crippen LogP contribution in [-0.2, 0) is 14.8 Å². The van der Waals surface area contributed by atoms with Gasteiger partial charge in [0.05, 0.1) is 17.9 Å². The zero-order valence-electron chi connectivity index (χ0n) is 13.1. The summed E-state index contributed by atoms with van der Waals surface area (Å²) in [5.74, 6) is -0.207. The molecule has 2 N–H and O–H groups in total. The quantitative estimate of drug-likeness (QED) is 0.746. The van der Waals surface area contributed by atoms with E-state index < -0.39 is 10.0 Å². The molecule has 0 aromatic carbocycles. The number of nitrogens with one attached hydrogen (secondary N) is 2. The molecule has 0 spiro atoms. The third-order valence-electron chi connectivity index (χ3n) is 3.08. The summed E-state index contributed by atoms with van der Waals surface area (Å²) in [5, 5.41) is 6.49. The van der Waals surface area contributed by atoms with Crippen molar-refractivity contribution in [3.63, 3.8) is 0 Å². The maximum atomic E-state index is 12.2. The summed E-state index contributed by atoms with van der Waals surface area (Å²) in [6.07, 6.45) is 1.69. The average molecular weight is 316 g/mol. The zero-order chi connectivity index (χ0) is 16.0. The van der Waals surface area contributed by atoms with Crippen molar-refractivity contribution in [2.75, 3.05) is 19.6 Å². The number of hydrogen-bond donors (Lipinski definition) is 2. The normalized spacial score (nSPS) is 11.6. The smallest absolute Gasteiger partial charge is 0.244 e. The fourth-order valence-corrected chi connectivity index (χ4v) is 3.52. The highest BCUT2D eigenvalue weighted by Gasteiger charge is 2.23. The van der Waals surface area contributed by atoms with Gasteiger partial charge in [0.2, 0.25) is 15.9 Å². The number of carbonyl (C=O) groups excluding carboxylic acids is 1. The van der Waals surface area contributed by atoms with Crippen LogP contribution in [-0.4, -0.2) is 49.1 Å². The Morgan fingerprint density at radius 2 is 1.81 bits per heavy atom. The van der Waals surface area contributed by atoms with Crippen LogP contribution in [0.1, 0.15) is 38.1 Å². The number of hydrogen-bond acceptors (Lipinski definition) is 4. The van der Waals surface area contributed by atoms with Gasteiger partial charge in [0, 0.05) is 13.1 Å². The number of aromatic nitrogens is 2. The molecule has 0 unspecified atom stereocenters. The van der Waals surface area contributed by atoms with Crippen molar-refractivity contribution in [2.45, 2.75) is 45.4 Å². The molecule has 120 valence electrons. The SMILES string of the molecule is CCCN(CCC)C(=O)CNS(=O)(=O)c1c(C)n[nH]c1C. The zero-order valence-corrected chi connectivity index (χ0v) is 13.9. The first kappa shape index (κ1) is 17.6. The van der Waals surface area contributed by atoms with Gasteiger partial charge in [0.25, 0.3) is 0 Å². The highest BCUT2D eigenvalue weighted by atomic mass is 32.2. The molecule has 8 heteroatoms. The number of carbonyl (C=O) groups is 1. The van der Waals surface area contributed by atoms with E-state index in [2.05, 4.69) is 14.9 Å². The Kier molecular flexibility index (Phi) is 6.35. The summed E-state index contributed by atoms with van der Waals surface area (Å²) >= 11 is 0. The number of rotatable bonds is 8. The summed E-state index contributed by atoms with van der Waals surface area (Å²) < 4.78 is 26.8. The van der Waals surface area contributed by atoms with Crippen molar-refractivity contribution in [1.29, 1.82) is 0 Å². The number of aryl methyl sites for hydroxylation is 2. The van der Waals surface area contributed by atoms with Crippen LogP contribution in [0.2, 0.25) is 0 Å². The molecule has 0 bridgehead atoms. The number of H-pyrrole nitrogens is 1. The van der Waals surface area contributed by atoms with E-state index in [4.69, 9.17) is 0 Å². The van der Waals surface area contributed by atoms with Gasteiger partial charge >= 0.3 is 0 Å². The number of nitrogens with zero attached hydrogens (tertiary/aromatic N) is 2. The molecular weight excluding hydrogens is 292 g/mol. The standard InChI is InChI=1S/C13H24N4O3S/c1-5-7-17(8-6-2)12(18)9-14-21(19,20)13-10(3)15-16-11(13)4/h14H,5-9H2,1-4H3,(H,15,16). The number of sulfonamides is 1. The molecular formula is C13H24N4O3S. The molecule has 0 radical (unpaired) electrons. The van der Waals surface area contributed by atoms with Crippen LogP contribution in [0.25, 0.3) is 0 Å². The molecule has 0 fully saturated rings. The Morgan fingerprint density at radius 3 is 2.24 bits per heavy atom. The minimum atomic E-state index is -3.73.